The minimum Gasteiger partial charge on any atom is -0.309 e. The summed E-state index contributed by atoms with van der Waals surface area (Å²) in [4.78, 5) is 21.5. The van der Waals surface area contributed by atoms with E-state index < -0.39 is 0 Å². The van der Waals surface area contributed by atoms with Crippen LogP contribution in [0.1, 0.15) is 16.8 Å². The molecule has 0 radical (unpaired) electrons. The SMILES string of the molecule is Cc1ccc2nc(Cn3cc(C)c4c(Br)cncc4c3=O)cn2c1. The Labute approximate surface area is 146 Å². The molecule has 4 aromatic rings. The number of halogens is 1. The van der Waals surface area contributed by atoms with Crippen LogP contribution >= 0.6 is 15.9 Å². The van der Waals surface area contributed by atoms with Crippen molar-refractivity contribution < 1.29 is 0 Å². The van der Waals surface area contributed by atoms with E-state index in [0.717, 1.165) is 26.8 Å². The zero-order chi connectivity index (χ0) is 16.8. The molecular weight excluding hydrogens is 368 g/mol. The summed E-state index contributed by atoms with van der Waals surface area (Å²) in [6, 6.07) is 4.01. The summed E-state index contributed by atoms with van der Waals surface area (Å²) in [5, 5.41) is 1.53. The molecule has 0 aliphatic rings. The van der Waals surface area contributed by atoms with E-state index >= 15 is 0 Å². The molecule has 0 aromatic carbocycles. The Bertz CT molecular complexity index is 1140. The minimum atomic E-state index is -0.0577. The van der Waals surface area contributed by atoms with Crippen molar-refractivity contribution in [3.8, 4) is 0 Å². The smallest absolute Gasteiger partial charge is 0.260 e. The van der Waals surface area contributed by atoms with Gasteiger partial charge in [0, 0.05) is 40.8 Å². The summed E-state index contributed by atoms with van der Waals surface area (Å²) in [7, 11) is 0. The molecule has 0 amide bonds. The highest BCUT2D eigenvalue weighted by Crippen LogP contribution is 2.23. The van der Waals surface area contributed by atoms with Crippen LogP contribution in [0.25, 0.3) is 16.4 Å². The summed E-state index contributed by atoms with van der Waals surface area (Å²) in [5.74, 6) is 0. The van der Waals surface area contributed by atoms with Crippen LogP contribution in [-0.4, -0.2) is 18.9 Å². The molecule has 4 heterocycles. The number of hydrogen-bond acceptors (Lipinski definition) is 3. The topological polar surface area (TPSA) is 52.2 Å². The molecule has 0 fully saturated rings. The molecule has 4 aromatic heterocycles. The number of fused-ring (bicyclic) bond motifs is 2. The Morgan fingerprint density at radius 1 is 1.12 bits per heavy atom. The van der Waals surface area contributed by atoms with E-state index in [0.29, 0.717) is 11.9 Å². The van der Waals surface area contributed by atoms with Gasteiger partial charge >= 0.3 is 0 Å². The van der Waals surface area contributed by atoms with Gasteiger partial charge in [-0.15, -0.1) is 0 Å². The van der Waals surface area contributed by atoms with Crippen molar-refractivity contribution in [2.24, 2.45) is 0 Å². The average molecular weight is 383 g/mol. The number of pyridine rings is 3. The highest BCUT2D eigenvalue weighted by Gasteiger charge is 2.11. The van der Waals surface area contributed by atoms with E-state index in [2.05, 4.69) is 25.9 Å². The van der Waals surface area contributed by atoms with Gasteiger partial charge in [-0.1, -0.05) is 6.07 Å². The standard InChI is InChI=1S/C18H15BrN4O/c1-11-3-4-16-21-13(9-22(16)7-11)10-23-8-12(2)17-14(18(23)24)5-20-6-15(17)19/h3-9H,10H2,1-2H3. The van der Waals surface area contributed by atoms with Gasteiger partial charge < -0.3 is 8.97 Å². The number of nitrogens with zero attached hydrogens (tertiary/aromatic N) is 4. The van der Waals surface area contributed by atoms with Gasteiger partial charge in [0.2, 0.25) is 0 Å². The lowest BCUT2D eigenvalue weighted by Crippen LogP contribution is -2.21. The van der Waals surface area contributed by atoms with Gasteiger partial charge in [0.25, 0.3) is 5.56 Å². The second-order valence-corrected chi connectivity index (χ2v) is 6.85. The third-order valence-corrected chi connectivity index (χ3v) is 4.72. The van der Waals surface area contributed by atoms with E-state index in [1.54, 1.807) is 17.0 Å². The first kappa shape index (κ1) is 15.1. The third-order valence-electron chi connectivity index (χ3n) is 4.12. The van der Waals surface area contributed by atoms with Gasteiger partial charge in [0.15, 0.2) is 0 Å². The molecule has 0 bridgehead atoms. The fraction of sp³-hybridized carbons (Fsp3) is 0.167. The molecule has 0 unspecified atom stereocenters. The van der Waals surface area contributed by atoms with Crippen molar-refractivity contribution in [2.75, 3.05) is 0 Å². The Kier molecular flexibility index (Phi) is 3.49. The molecule has 6 heteroatoms. The van der Waals surface area contributed by atoms with Crippen LogP contribution < -0.4 is 5.56 Å². The van der Waals surface area contributed by atoms with Gasteiger partial charge in [0.05, 0.1) is 17.6 Å². The average Bonchev–Trinajstić information content (AvgIpc) is 2.93. The number of imidazole rings is 1. The number of aromatic nitrogens is 4. The fourth-order valence-electron chi connectivity index (χ4n) is 3.03. The lowest BCUT2D eigenvalue weighted by molar-refractivity contribution is 0.748. The van der Waals surface area contributed by atoms with Gasteiger partial charge in [-0.2, -0.15) is 0 Å². The molecule has 0 saturated heterocycles. The van der Waals surface area contributed by atoms with Crippen LogP contribution in [-0.2, 0) is 6.54 Å². The Morgan fingerprint density at radius 2 is 1.96 bits per heavy atom. The molecule has 0 atom stereocenters. The number of hydrogen-bond donors (Lipinski definition) is 0. The molecule has 0 aliphatic carbocycles. The summed E-state index contributed by atoms with van der Waals surface area (Å²) < 4.78 is 4.52. The van der Waals surface area contributed by atoms with Crippen molar-refractivity contribution in [2.45, 2.75) is 20.4 Å². The summed E-state index contributed by atoms with van der Waals surface area (Å²) in [6.07, 6.45) is 9.21. The monoisotopic (exact) mass is 382 g/mol. The van der Waals surface area contributed by atoms with Crippen molar-refractivity contribution in [3.05, 3.63) is 74.8 Å². The Hall–Kier alpha value is -2.47. The molecule has 0 spiro atoms. The van der Waals surface area contributed by atoms with Crippen molar-refractivity contribution >= 4 is 32.3 Å². The lowest BCUT2D eigenvalue weighted by atomic mass is 10.1. The maximum absolute atomic E-state index is 12.8. The second-order valence-electron chi connectivity index (χ2n) is 5.99. The Balaban J connectivity index is 1.84. The highest BCUT2D eigenvalue weighted by atomic mass is 79.9. The molecule has 0 N–H and O–H groups in total. The first-order chi connectivity index (χ1) is 11.5. The van der Waals surface area contributed by atoms with Gasteiger partial charge in [-0.05, 0) is 47.0 Å². The van der Waals surface area contributed by atoms with Crippen LogP contribution in [0, 0.1) is 13.8 Å². The zero-order valence-corrected chi connectivity index (χ0v) is 14.9. The first-order valence-electron chi connectivity index (χ1n) is 7.60. The maximum Gasteiger partial charge on any atom is 0.260 e. The van der Waals surface area contributed by atoms with E-state index in [4.69, 9.17) is 0 Å². The van der Waals surface area contributed by atoms with Crippen molar-refractivity contribution in [3.63, 3.8) is 0 Å². The maximum atomic E-state index is 12.8. The molecular formula is C18H15BrN4O. The molecule has 0 saturated carbocycles. The first-order valence-corrected chi connectivity index (χ1v) is 8.40. The summed E-state index contributed by atoms with van der Waals surface area (Å²) >= 11 is 3.48. The molecule has 24 heavy (non-hydrogen) atoms. The molecule has 120 valence electrons. The number of rotatable bonds is 2. The largest absolute Gasteiger partial charge is 0.309 e. The van der Waals surface area contributed by atoms with Gasteiger partial charge in [-0.25, -0.2) is 4.98 Å². The predicted molar refractivity (Wildman–Crippen MR) is 97.5 cm³/mol. The summed E-state index contributed by atoms with van der Waals surface area (Å²) in [5.41, 5.74) is 3.87. The van der Waals surface area contributed by atoms with Crippen LogP contribution in [0.3, 0.4) is 0 Å². The molecule has 5 nitrogen and oxygen atoms in total. The van der Waals surface area contributed by atoms with Gasteiger partial charge in [0.1, 0.15) is 5.65 Å². The number of aryl methyl sites for hydroxylation is 2. The molecule has 4 rings (SSSR count). The normalized spacial score (nSPS) is 11.5. The van der Waals surface area contributed by atoms with E-state index in [9.17, 15) is 4.79 Å². The van der Waals surface area contributed by atoms with E-state index in [-0.39, 0.29) is 5.56 Å². The fourth-order valence-corrected chi connectivity index (χ4v) is 3.68. The van der Waals surface area contributed by atoms with Crippen LogP contribution in [0.5, 0.6) is 0 Å². The van der Waals surface area contributed by atoms with Crippen LogP contribution in [0.4, 0.5) is 0 Å². The Morgan fingerprint density at radius 3 is 2.79 bits per heavy atom. The van der Waals surface area contributed by atoms with Gasteiger partial charge in [-0.3, -0.25) is 9.78 Å². The van der Waals surface area contributed by atoms with E-state index in [1.807, 2.05) is 49.0 Å². The van der Waals surface area contributed by atoms with Crippen molar-refractivity contribution in [1.29, 1.82) is 0 Å². The quantitative estimate of drug-likeness (QED) is 0.533. The van der Waals surface area contributed by atoms with E-state index in [1.165, 1.54) is 5.56 Å². The van der Waals surface area contributed by atoms with Crippen LogP contribution in [0.15, 0.2) is 52.4 Å². The summed E-state index contributed by atoms with van der Waals surface area (Å²) in [6.45, 7) is 4.47. The predicted octanol–water partition coefficient (Wildman–Crippen LogP) is 3.47. The van der Waals surface area contributed by atoms with Crippen molar-refractivity contribution in [1.82, 2.24) is 18.9 Å². The van der Waals surface area contributed by atoms with Crippen LogP contribution in [0.2, 0.25) is 0 Å². The molecule has 0 aliphatic heterocycles. The third kappa shape index (κ3) is 2.43. The lowest BCUT2D eigenvalue weighted by Gasteiger charge is -2.09. The highest BCUT2D eigenvalue weighted by molar-refractivity contribution is 9.10. The zero-order valence-electron chi connectivity index (χ0n) is 13.3. The second kappa shape index (κ2) is 5.56. The minimum absolute atomic E-state index is 0.0577.